The molecule has 3 aromatic rings. The summed E-state index contributed by atoms with van der Waals surface area (Å²) in [6, 6.07) is 17.1. The third kappa shape index (κ3) is 2.20. The summed E-state index contributed by atoms with van der Waals surface area (Å²) in [6.45, 7) is 5.14. The Morgan fingerprint density at radius 2 is 1.50 bits per heavy atom. The van der Waals surface area contributed by atoms with Crippen molar-refractivity contribution in [3.8, 4) is 0 Å². The Labute approximate surface area is 120 Å². The summed E-state index contributed by atoms with van der Waals surface area (Å²) in [7, 11) is 0. The second-order valence-electron chi connectivity index (χ2n) is 5.23. The van der Waals surface area contributed by atoms with Gasteiger partial charge in [0.1, 0.15) is 6.23 Å². The first-order valence-corrected chi connectivity index (χ1v) is 7.42. The lowest BCUT2D eigenvalue weighted by molar-refractivity contribution is 0.0205. The third-order valence-electron chi connectivity index (χ3n) is 3.84. The summed E-state index contributed by atoms with van der Waals surface area (Å²) in [5, 5.41) is 2.60. The van der Waals surface area contributed by atoms with Gasteiger partial charge in [-0.3, -0.25) is 0 Å². The second kappa shape index (κ2) is 5.68. The fourth-order valence-corrected chi connectivity index (χ4v) is 2.82. The molecule has 1 unspecified atom stereocenters. The average Bonchev–Trinajstić information content (AvgIpc) is 2.82. The van der Waals surface area contributed by atoms with E-state index in [0.29, 0.717) is 0 Å². The standard InChI is InChI=1S/C18H21NO/c1-3-4-13-20-14(2)19-17-11-7-5-9-15(17)16-10-6-8-12-18(16)19/h5-12,14H,3-4,13H2,1-2H3. The van der Waals surface area contributed by atoms with Gasteiger partial charge in [0.15, 0.2) is 0 Å². The Balaban J connectivity index is 2.11. The molecule has 0 aliphatic rings. The van der Waals surface area contributed by atoms with Gasteiger partial charge in [-0.15, -0.1) is 0 Å². The number of rotatable bonds is 5. The van der Waals surface area contributed by atoms with Crippen molar-refractivity contribution in [2.24, 2.45) is 0 Å². The Kier molecular flexibility index (Phi) is 3.75. The van der Waals surface area contributed by atoms with Gasteiger partial charge in [-0.25, -0.2) is 0 Å². The van der Waals surface area contributed by atoms with Crippen LogP contribution in [0.25, 0.3) is 21.8 Å². The van der Waals surface area contributed by atoms with Crippen LogP contribution >= 0.6 is 0 Å². The van der Waals surface area contributed by atoms with E-state index in [1.807, 2.05) is 0 Å². The maximum atomic E-state index is 6.01. The van der Waals surface area contributed by atoms with E-state index in [1.165, 1.54) is 28.2 Å². The number of hydrogen-bond donors (Lipinski definition) is 0. The summed E-state index contributed by atoms with van der Waals surface area (Å²) in [5.74, 6) is 0. The Hall–Kier alpha value is -1.80. The topological polar surface area (TPSA) is 14.2 Å². The summed E-state index contributed by atoms with van der Waals surface area (Å²) in [6.07, 6.45) is 2.34. The molecule has 2 nitrogen and oxygen atoms in total. The predicted octanol–water partition coefficient (Wildman–Crippen LogP) is 5.13. The molecule has 0 fully saturated rings. The zero-order valence-corrected chi connectivity index (χ0v) is 12.2. The van der Waals surface area contributed by atoms with Crippen LogP contribution in [0.2, 0.25) is 0 Å². The number of benzene rings is 2. The van der Waals surface area contributed by atoms with Gasteiger partial charge in [-0.2, -0.15) is 0 Å². The van der Waals surface area contributed by atoms with Gasteiger partial charge in [-0.1, -0.05) is 49.7 Å². The fourth-order valence-electron chi connectivity index (χ4n) is 2.82. The molecule has 2 heteroatoms. The zero-order chi connectivity index (χ0) is 13.9. The van der Waals surface area contributed by atoms with Crippen LogP contribution in [0.1, 0.15) is 32.9 Å². The molecule has 104 valence electrons. The van der Waals surface area contributed by atoms with Crippen molar-refractivity contribution in [2.45, 2.75) is 32.9 Å². The summed E-state index contributed by atoms with van der Waals surface area (Å²) < 4.78 is 8.31. The highest BCUT2D eigenvalue weighted by Crippen LogP contribution is 2.31. The molecule has 0 aliphatic heterocycles. The van der Waals surface area contributed by atoms with Gasteiger partial charge in [0, 0.05) is 17.4 Å². The average molecular weight is 267 g/mol. The van der Waals surface area contributed by atoms with Gasteiger partial charge in [-0.05, 0) is 25.5 Å². The van der Waals surface area contributed by atoms with Crippen LogP contribution in [-0.4, -0.2) is 11.2 Å². The van der Waals surface area contributed by atoms with Crippen LogP contribution in [-0.2, 0) is 4.74 Å². The van der Waals surface area contributed by atoms with Crippen LogP contribution in [0.5, 0.6) is 0 Å². The molecule has 3 rings (SSSR count). The normalized spacial score (nSPS) is 13.1. The number of ether oxygens (including phenoxy) is 1. The maximum absolute atomic E-state index is 6.01. The molecule has 0 radical (unpaired) electrons. The van der Waals surface area contributed by atoms with Crippen LogP contribution in [0.15, 0.2) is 48.5 Å². The number of fused-ring (bicyclic) bond motifs is 3. The molecule has 1 atom stereocenters. The lowest BCUT2D eigenvalue weighted by Crippen LogP contribution is -2.09. The molecular weight excluding hydrogens is 246 g/mol. The minimum absolute atomic E-state index is 0.0614. The Morgan fingerprint density at radius 1 is 0.950 bits per heavy atom. The predicted molar refractivity (Wildman–Crippen MR) is 85.0 cm³/mol. The smallest absolute Gasteiger partial charge is 0.131 e. The minimum atomic E-state index is 0.0614. The maximum Gasteiger partial charge on any atom is 0.131 e. The highest BCUT2D eigenvalue weighted by atomic mass is 16.5. The lowest BCUT2D eigenvalue weighted by Gasteiger charge is -2.17. The SMILES string of the molecule is CCCCOC(C)n1c2ccccc2c2ccccc21. The van der Waals surface area contributed by atoms with E-state index in [4.69, 9.17) is 4.74 Å². The van der Waals surface area contributed by atoms with Crippen molar-refractivity contribution in [3.63, 3.8) is 0 Å². The quantitative estimate of drug-likeness (QED) is 0.584. The minimum Gasteiger partial charge on any atom is -0.358 e. The number of hydrogen-bond acceptors (Lipinski definition) is 1. The molecule has 20 heavy (non-hydrogen) atoms. The van der Waals surface area contributed by atoms with Crippen molar-refractivity contribution < 1.29 is 4.74 Å². The second-order valence-corrected chi connectivity index (χ2v) is 5.23. The van der Waals surface area contributed by atoms with E-state index in [1.54, 1.807) is 0 Å². The molecular formula is C18H21NO. The van der Waals surface area contributed by atoms with Crippen molar-refractivity contribution in [1.29, 1.82) is 0 Å². The largest absolute Gasteiger partial charge is 0.358 e. The third-order valence-corrected chi connectivity index (χ3v) is 3.84. The number of para-hydroxylation sites is 2. The van der Waals surface area contributed by atoms with E-state index in [0.717, 1.165) is 13.0 Å². The molecule has 0 saturated heterocycles. The van der Waals surface area contributed by atoms with E-state index in [-0.39, 0.29) is 6.23 Å². The van der Waals surface area contributed by atoms with E-state index >= 15 is 0 Å². The van der Waals surface area contributed by atoms with E-state index < -0.39 is 0 Å². The van der Waals surface area contributed by atoms with Crippen molar-refractivity contribution >= 4 is 21.8 Å². The molecule has 1 aromatic heterocycles. The summed E-state index contributed by atoms with van der Waals surface area (Å²) in [4.78, 5) is 0. The monoisotopic (exact) mass is 267 g/mol. The molecule has 0 saturated carbocycles. The Morgan fingerprint density at radius 3 is 2.05 bits per heavy atom. The zero-order valence-electron chi connectivity index (χ0n) is 12.2. The number of unbranched alkanes of at least 4 members (excludes halogenated alkanes) is 1. The Bertz CT molecular complexity index is 660. The van der Waals surface area contributed by atoms with Gasteiger partial charge < -0.3 is 9.30 Å². The first-order chi connectivity index (χ1) is 9.83. The van der Waals surface area contributed by atoms with Gasteiger partial charge in [0.25, 0.3) is 0 Å². The summed E-state index contributed by atoms with van der Waals surface area (Å²) >= 11 is 0. The lowest BCUT2D eigenvalue weighted by atomic mass is 10.2. The van der Waals surface area contributed by atoms with Gasteiger partial charge >= 0.3 is 0 Å². The van der Waals surface area contributed by atoms with E-state index in [9.17, 15) is 0 Å². The van der Waals surface area contributed by atoms with Crippen LogP contribution in [0.3, 0.4) is 0 Å². The first kappa shape index (κ1) is 13.2. The molecule has 0 amide bonds. The molecule has 0 aliphatic carbocycles. The van der Waals surface area contributed by atoms with E-state index in [2.05, 4.69) is 66.9 Å². The molecule has 0 spiro atoms. The fraction of sp³-hybridized carbons (Fsp3) is 0.333. The first-order valence-electron chi connectivity index (χ1n) is 7.42. The number of nitrogens with zero attached hydrogens (tertiary/aromatic N) is 1. The highest BCUT2D eigenvalue weighted by Gasteiger charge is 2.14. The van der Waals surface area contributed by atoms with Crippen molar-refractivity contribution in [2.75, 3.05) is 6.61 Å². The molecule has 0 N–H and O–H groups in total. The van der Waals surface area contributed by atoms with Crippen molar-refractivity contribution in [1.82, 2.24) is 4.57 Å². The molecule has 0 bridgehead atoms. The van der Waals surface area contributed by atoms with Crippen molar-refractivity contribution in [3.05, 3.63) is 48.5 Å². The molecule has 1 heterocycles. The molecule has 2 aromatic carbocycles. The van der Waals surface area contributed by atoms with Crippen LogP contribution in [0.4, 0.5) is 0 Å². The van der Waals surface area contributed by atoms with Crippen LogP contribution in [0, 0.1) is 0 Å². The van der Waals surface area contributed by atoms with Crippen LogP contribution < -0.4 is 0 Å². The van der Waals surface area contributed by atoms with Gasteiger partial charge in [0.2, 0.25) is 0 Å². The van der Waals surface area contributed by atoms with Gasteiger partial charge in [0.05, 0.1) is 11.0 Å². The highest BCUT2D eigenvalue weighted by molar-refractivity contribution is 6.08. The summed E-state index contributed by atoms with van der Waals surface area (Å²) in [5.41, 5.74) is 2.50. The number of aromatic nitrogens is 1.